The van der Waals surface area contributed by atoms with Gasteiger partial charge in [-0.3, -0.25) is 14.4 Å². The minimum atomic E-state index is -2.50. The normalized spacial score (nSPS) is 35.6. The first kappa shape index (κ1) is 39.1. The number of carbonyl (C=O) groups is 4. The van der Waals surface area contributed by atoms with E-state index in [2.05, 4.69) is 27.4 Å². The van der Waals surface area contributed by atoms with Gasteiger partial charge in [-0.1, -0.05) is 59.4 Å². The Balaban J connectivity index is 1.88. The molecule has 0 aromatic heterocycles. The van der Waals surface area contributed by atoms with Crippen molar-refractivity contribution in [2.24, 2.45) is 16.7 Å². The van der Waals surface area contributed by atoms with Gasteiger partial charge in [-0.25, -0.2) is 4.79 Å². The first-order valence-electron chi connectivity index (χ1n) is 18.1. The molecule has 1 saturated heterocycles. The van der Waals surface area contributed by atoms with E-state index in [1.54, 1.807) is 58.0 Å². The third kappa shape index (κ3) is 5.95. The van der Waals surface area contributed by atoms with E-state index >= 15 is 4.79 Å². The van der Waals surface area contributed by atoms with Crippen LogP contribution < -0.4 is 0 Å². The topological polar surface area (TPSA) is 155 Å². The number of fused-ring (bicyclic) bond motifs is 5. The Morgan fingerprint density at radius 2 is 1.71 bits per heavy atom. The van der Waals surface area contributed by atoms with Crippen LogP contribution in [0.25, 0.3) is 6.08 Å². The van der Waals surface area contributed by atoms with Gasteiger partial charge in [0.2, 0.25) is 0 Å². The van der Waals surface area contributed by atoms with Crippen LogP contribution in [0.4, 0.5) is 0 Å². The average Bonchev–Trinajstić information content (AvgIpc) is 3.07. The molecule has 4 aliphatic rings. The van der Waals surface area contributed by atoms with E-state index in [0.29, 0.717) is 11.1 Å². The molecule has 9 atom stereocenters. The Labute approximate surface area is 301 Å². The summed E-state index contributed by atoms with van der Waals surface area (Å²) in [5.41, 5.74) is -5.31. The standard InChI is InChI=1S/C39H54O11Si/c1-11-25-16-15-17-26(18-25)35(44)48-34-32-37(10,28(50-51(12-2,13-3)14-4)19-29-38(32,21-46-29)49-24(7)41)33(43)31(47-23(6)40)30-22(5)27(42)20-39(34,45)36(30,8)9/h11,15-18,27-29,31-32,34,42,45H,1,12-14,19-21H2,2-10H3/t27-,28-,29+,31+,32-,34-,37+,38-,39+/m0/s1. The zero-order valence-electron chi connectivity index (χ0n) is 31.4. The highest BCUT2D eigenvalue weighted by atomic mass is 28.4. The van der Waals surface area contributed by atoms with E-state index in [-0.39, 0.29) is 30.6 Å². The molecule has 3 fully saturated rings. The van der Waals surface area contributed by atoms with Gasteiger partial charge in [0.05, 0.1) is 35.7 Å². The lowest BCUT2D eigenvalue weighted by Crippen LogP contribution is -2.82. The van der Waals surface area contributed by atoms with Gasteiger partial charge in [-0.05, 0) is 60.8 Å². The molecule has 1 aromatic carbocycles. The first-order chi connectivity index (χ1) is 23.8. The number of rotatable bonds is 10. The fourth-order valence-electron chi connectivity index (χ4n) is 9.58. The number of aliphatic hydroxyl groups is 2. The number of hydrogen-bond acceptors (Lipinski definition) is 11. The van der Waals surface area contributed by atoms with Crippen molar-refractivity contribution in [3.05, 3.63) is 53.1 Å². The van der Waals surface area contributed by atoms with Gasteiger partial charge in [0, 0.05) is 32.1 Å². The predicted octanol–water partition coefficient (Wildman–Crippen LogP) is 5.33. The lowest BCUT2D eigenvalue weighted by molar-refractivity contribution is -0.344. The van der Waals surface area contributed by atoms with Crippen LogP contribution in [0.5, 0.6) is 0 Å². The molecule has 3 aliphatic carbocycles. The van der Waals surface area contributed by atoms with Gasteiger partial charge in [0.1, 0.15) is 17.8 Å². The van der Waals surface area contributed by atoms with Crippen LogP contribution >= 0.6 is 0 Å². The van der Waals surface area contributed by atoms with Crippen molar-refractivity contribution in [3.63, 3.8) is 0 Å². The number of Topliss-reactive ketones (excluding diaryl/α,β-unsaturated/α-hetero) is 1. The van der Waals surface area contributed by atoms with E-state index in [1.807, 2.05) is 0 Å². The molecule has 2 bridgehead atoms. The molecule has 12 heteroatoms. The molecule has 2 N–H and O–H groups in total. The second-order valence-electron chi connectivity index (χ2n) is 15.6. The van der Waals surface area contributed by atoms with Gasteiger partial charge in [0.25, 0.3) is 0 Å². The van der Waals surface area contributed by atoms with Crippen molar-refractivity contribution in [2.75, 3.05) is 6.61 Å². The Morgan fingerprint density at radius 1 is 1.06 bits per heavy atom. The molecule has 0 spiro atoms. The van der Waals surface area contributed by atoms with E-state index in [4.69, 9.17) is 23.4 Å². The van der Waals surface area contributed by atoms with Crippen LogP contribution in [0.3, 0.4) is 0 Å². The number of carbonyl (C=O) groups excluding carboxylic acids is 4. The molecule has 0 radical (unpaired) electrons. The van der Waals surface area contributed by atoms with Crippen LogP contribution in [0, 0.1) is 16.7 Å². The van der Waals surface area contributed by atoms with Crippen molar-refractivity contribution >= 4 is 38.1 Å². The smallest absolute Gasteiger partial charge is 0.338 e. The van der Waals surface area contributed by atoms with Crippen LogP contribution in [-0.4, -0.2) is 90.6 Å². The van der Waals surface area contributed by atoms with Crippen LogP contribution in [-0.2, 0) is 37.8 Å². The number of benzene rings is 1. The number of ketones is 1. The van der Waals surface area contributed by atoms with Crippen LogP contribution in [0.1, 0.15) is 91.1 Å². The van der Waals surface area contributed by atoms with Gasteiger partial charge in [-0.15, -0.1) is 0 Å². The number of aliphatic hydroxyl groups excluding tert-OH is 1. The monoisotopic (exact) mass is 726 g/mol. The summed E-state index contributed by atoms with van der Waals surface area (Å²) < 4.78 is 32.0. The Morgan fingerprint density at radius 3 is 2.24 bits per heavy atom. The fourth-order valence-corrected chi connectivity index (χ4v) is 12.5. The molecule has 1 aromatic rings. The Kier molecular flexibility index (Phi) is 10.5. The number of esters is 3. The Hall–Kier alpha value is -3.16. The van der Waals surface area contributed by atoms with Crippen molar-refractivity contribution in [1.29, 1.82) is 0 Å². The minimum absolute atomic E-state index is 0.144. The minimum Gasteiger partial charge on any atom is -0.455 e. The SMILES string of the molecule is C=Cc1cccc(C(=O)O[C@H]2[C@@H]3[C@]4(OC(C)=O)CO[C@@H]4C[C@H](O[Si](CC)(CC)CC)[C@@]3(C)C(=O)[C@H](OC(C)=O)C3=C(C)[C@@H](O)C[C@]2(O)C3(C)C)c1. The van der Waals surface area contributed by atoms with Crippen molar-refractivity contribution in [1.82, 2.24) is 0 Å². The second kappa shape index (κ2) is 13.7. The number of hydrogen-bond donors (Lipinski definition) is 2. The summed E-state index contributed by atoms with van der Waals surface area (Å²) >= 11 is 0. The summed E-state index contributed by atoms with van der Waals surface area (Å²) in [6, 6.07) is 8.90. The summed E-state index contributed by atoms with van der Waals surface area (Å²) in [7, 11) is -2.50. The maximum atomic E-state index is 15.7. The maximum Gasteiger partial charge on any atom is 0.338 e. The van der Waals surface area contributed by atoms with Gasteiger partial charge < -0.3 is 33.6 Å². The van der Waals surface area contributed by atoms with E-state index in [0.717, 1.165) is 18.1 Å². The quantitative estimate of drug-likeness (QED) is 0.139. The zero-order valence-corrected chi connectivity index (χ0v) is 32.4. The first-order valence-corrected chi connectivity index (χ1v) is 20.6. The summed E-state index contributed by atoms with van der Waals surface area (Å²) in [4.78, 5) is 55.9. The highest BCUT2D eigenvalue weighted by molar-refractivity contribution is 6.73. The van der Waals surface area contributed by atoms with E-state index < -0.39 is 90.5 Å². The summed E-state index contributed by atoms with van der Waals surface area (Å²) in [6.07, 6.45) is -4.57. The van der Waals surface area contributed by atoms with Gasteiger partial charge in [0.15, 0.2) is 25.8 Å². The van der Waals surface area contributed by atoms with Gasteiger partial charge in [-0.2, -0.15) is 0 Å². The van der Waals surface area contributed by atoms with Crippen molar-refractivity contribution < 1.29 is 52.8 Å². The lowest BCUT2D eigenvalue weighted by Gasteiger charge is -2.68. The molecule has 280 valence electrons. The van der Waals surface area contributed by atoms with Gasteiger partial charge >= 0.3 is 17.9 Å². The molecule has 1 aliphatic heterocycles. The summed E-state index contributed by atoms with van der Waals surface area (Å²) in [5.74, 6) is -3.99. The van der Waals surface area contributed by atoms with Crippen molar-refractivity contribution in [2.45, 2.75) is 135 Å². The zero-order chi connectivity index (χ0) is 37.9. The predicted molar refractivity (Wildman–Crippen MR) is 191 cm³/mol. The highest BCUT2D eigenvalue weighted by Gasteiger charge is 2.78. The average molecular weight is 727 g/mol. The fraction of sp³-hybridized carbons (Fsp3) is 0.641. The molecule has 0 unspecified atom stereocenters. The van der Waals surface area contributed by atoms with Crippen molar-refractivity contribution in [3.8, 4) is 0 Å². The van der Waals surface area contributed by atoms with Crippen LogP contribution in [0.15, 0.2) is 42.0 Å². The Bertz CT molecular complexity index is 1620. The summed E-state index contributed by atoms with van der Waals surface area (Å²) in [6.45, 7) is 19.1. The largest absolute Gasteiger partial charge is 0.455 e. The molecular formula is C39H54O11Si. The third-order valence-corrected chi connectivity index (χ3v) is 17.5. The molecule has 0 amide bonds. The molecule has 1 heterocycles. The molecule has 5 rings (SSSR count). The third-order valence-electron chi connectivity index (χ3n) is 12.8. The van der Waals surface area contributed by atoms with E-state index in [1.165, 1.54) is 13.8 Å². The second-order valence-corrected chi connectivity index (χ2v) is 20.3. The number of ether oxygens (including phenoxy) is 4. The maximum absolute atomic E-state index is 15.7. The summed E-state index contributed by atoms with van der Waals surface area (Å²) in [5, 5.41) is 25.0. The lowest BCUT2D eigenvalue weighted by atomic mass is 9.44. The molecule has 51 heavy (non-hydrogen) atoms. The van der Waals surface area contributed by atoms with Crippen LogP contribution in [0.2, 0.25) is 18.1 Å². The highest BCUT2D eigenvalue weighted by Crippen LogP contribution is 2.65. The molecule has 2 saturated carbocycles. The molecule has 11 nitrogen and oxygen atoms in total. The van der Waals surface area contributed by atoms with E-state index in [9.17, 15) is 24.6 Å². The molecular weight excluding hydrogens is 673 g/mol.